The largest absolute Gasteiger partial charge is 0.386 e. The maximum atomic E-state index is 14.2. The van der Waals surface area contributed by atoms with Gasteiger partial charge in [-0.15, -0.1) is 0 Å². The van der Waals surface area contributed by atoms with E-state index >= 15 is 0 Å². The van der Waals surface area contributed by atoms with Crippen LogP contribution in [0.1, 0.15) is 79.4 Å². The lowest BCUT2D eigenvalue weighted by molar-refractivity contribution is -0.145. The zero-order chi connectivity index (χ0) is 39.4. The standard InChI is InChI=1S/C40H65N5O7/c1-14-26(6)35(44(11)40(50)33(24(2)3)42-39(49)34(25(4)5)43(9)10)31(51-12)23-32(46)45-22-18-21-30(45)37(52-13)27(7)38(48)41-28(8)36(47)29-19-16-15-17-20-29/h15-17,19-21,24-26,28,31,33-37,47H,7,14,18,22-23H2,1-6,8-13H3,(H,41,48)(H,42,49)/t26-,28+,31?,33-,34-,35-,36+,37+/m0/s1. The molecule has 0 spiro atoms. The van der Waals surface area contributed by atoms with Crippen molar-refractivity contribution in [3.05, 3.63) is 59.8 Å². The molecule has 1 aliphatic rings. The van der Waals surface area contributed by atoms with Crippen LogP contribution in [0, 0.1) is 17.8 Å². The summed E-state index contributed by atoms with van der Waals surface area (Å²) in [5, 5.41) is 16.6. The minimum atomic E-state index is -0.931. The summed E-state index contributed by atoms with van der Waals surface area (Å²) in [5.41, 5.74) is 1.28. The van der Waals surface area contributed by atoms with E-state index in [1.807, 2.05) is 84.8 Å². The van der Waals surface area contributed by atoms with E-state index in [-0.39, 0.29) is 47.5 Å². The Bertz CT molecular complexity index is 1370. The van der Waals surface area contributed by atoms with Gasteiger partial charge in [-0.3, -0.25) is 24.1 Å². The number of hydrogen-bond donors (Lipinski definition) is 3. The highest BCUT2D eigenvalue weighted by Crippen LogP contribution is 2.29. The number of aliphatic hydroxyl groups is 1. The molecule has 1 heterocycles. The van der Waals surface area contributed by atoms with Gasteiger partial charge in [0.2, 0.25) is 23.6 Å². The quantitative estimate of drug-likeness (QED) is 0.172. The second-order valence-electron chi connectivity index (χ2n) is 14.9. The molecule has 1 aromatic carbocycles. The molecule has 4 amide bonds. The van der Waals surface area contributed by atoms with Crippen LogP contribution in [0.4, 0.5) is 0 Å². The number of ether oxygens (including phenoxy) is 2. The van der Waals surface area contributed by atoms with E-state index in [4.69, 9.17) is 9.47 Å². The molecular formula is C40H65N5O7. The number of nitrogens with one attached hydrogen (secondary N) is 2. The molecule has 1 unspecified atom stereocenters. The zero-order valence-electron chi connectivity index (χ0n) is 33.5. The van der Waals surface area contributed by atoms with Gasteiger partial charge in [0.05, 0.1) is 42.5 Å². The smallest absolute Gasteiger partial charge is 0.249 e. The first-order chi connectivity index (χ1) is 24.4. The first-order valence-corrected chi connectivity index (χ1v) is 18.4. The Labute approximate surface area is 312 Å². The van der Waals surface area contributed by atoms with Gasteiger partial charge in [0, 0.05) is 33.4 Å². The summed E-state index contributed by atoms with van der Waals surface area (Å²) < 4.78 is 11.7. The third kappa shape index (κ3) is 11.2. The Kier molecular flexibility index (Phi) is 17.7. The third-order valence-electron chi connectivity index (χ3n) is 10.2. The van der Waals surface area contributed by atoms with E-state index in [9.17, 15) is 24.3 Å². The normalized spacial score (nSPS) is 17.8. The number of rotatable bonds is 20. The van der Waals surface area contributed by atoms with Crippen molar-refractivity contribution in [2.45, 2.75) is 110 Å². The number of amides is 4. The summed E-state index contributed by atoms with van der Waals surface area (Å²) in [5.74, 6) is -1.40. The highest BCUT2D eigenvalue weighted by molar-refractivity contribution is 5.95. The van der Waals surface area contributed by atoms with E-state index in [2.05, 4.69) is 17.2 Å². The molecule has 0 saturated heterocycles. The second kappa shape index (κ2) is 20.6. The summed E-state index contributed by atoms with van der Waals surface area (Å²) in [6.45, 7) is 17.9. The molecule has 12 heteroatoms. The van der Waals surface area contributed by atoms with Crippen LogP contribution in [0.2, 0.25) is 0 Å². The van der Waals surface area contributed by atoms with Gasteiger partial charge < -0.3 is 35.0 Å². The van der Waals surface area contributed by atoms with Crippen molar-refractivity contribution in [2.75, 3.05) is 41.9 Å². The van der Waals surface area contributed by atoms with Crippen molar-refractivity contribution >= 4 is 23.6 Å². The molecule has 0 fully saturated rings. The number of nitrogens with zero attached hydrogens (tertiary/aromatic N) is 3. The summed E-state index contributed by atoms with van der Waals surface area (Å²) >= 11 is 0. The number of methoxy groups -OCH3 is 2. The molecule has 0 bridgehead atoms. The fourth-order valence-electron chi connectivity index (χ4n) is 7.09. The van der Waals surface area contributed by atoms with Gasteiger partial charge in [0.25, 0.3) is 0 Å². The van der Waals surface area contributed by atoms with Gasteiger partial charge in [0.1, 0.15) is 12.1 Å². The van der Waals surface area contributed by atoms with Crippen molar-refractivity contribution < 1.29 is 33.8 Å². The van der Waals surface area contributed by atoms with Crippen LogP contribution in [-0.4, -0.2) is 122 Å². The topological polar surface area (TPSA) is 141 Å². The molecule has 0 aliphatic carbocycles. The highest BCUT2D eigenvalue weighted by atomic mass is 16.5. The van der Waals surface area contributed by atoms with Gasteiger partial charge in [-0.25, -0.2) is 0 Å². The van der Waals surface area contributed by atoms with Gasteiger partial charge in [-0.2, -0.15) is 0 Å². The second-order valence-corrected chi connectivity index (χ2v) is 14.9. The van der Waals surface area contributed by atoms with Crippen molar-refractivity contribution in [1.29, 1.82) is 0 Å². The molecule has 2 rings (SSSR count). The SMILES string of the molecule is C=C(C(=O)N[C@H](C)[C@@H](O)c1ccccc1)[C@@H](OC)C1=CCCN1C(=O)CC(OC)[C@H]([C@@H](C)CC)N(C)C(=O)[C@@H](NC(=O)[C@H](C(C)C)N(C)C)C(C)C. The van der Waals surface area contributed by atoms with E-state index in [1.165, 1.54) is 14.2 Å². The molecule has 292 valence electrons. The molecule has 1 aliphatic heterocycles. The van der Waals surface area contributed by atoms with Crippen LogP contribution < -0.4 is 10.6 Å². The molecule has 0 aromatic heterocycles. The van der Waals surface area contributed by atoms with E-state index in [1.54, 1.807) is 35.9 Å². The average Bonchev–Trinajstić information content (AvgIpc) is 3.59. The number of likely N-dealkylation sites (N-methyl/N-ethyl adjacent to an activating group) is 2. The monoisotopic (exact) mass is 727 g/mol. The Morgan fingerprint density at radius 1 is 0.942 bits per heavy atom. The van der Waals surface area contributed by atoms with Crippen LogP contribution in [0.15, 0.2) is 54.3 Å². The fourth-order valence-corrected chi connectivity index (χ4v) is 7.09. The Balaban J connectivity index is 2.26. The van der Waals surface area contributed by atoms with Gasteiger partial charge in [-0.05, 0) is 50.8 Å². The number of hydrogen-bond acceptors (Lipinski definition) is 8. The van der Waals surface area contributed by atoms with Gasteiger partial charge in [-0.1, -0.05) is 91.0 Å². The third-order valence-corrected chi connectivity index (χ3v) is 10.2. The number of aliphatic hydroxyl groups excluding tert-OH is 1. The number of benzene rings is 1. The van der Waals surface area contributed by atoms with Crippen LogP contribution >= 0.6 is 0 Å². The van der Waals surface area contributed by atoms with E-state index < -0.39 is 48.4 Å². The van der Waals surface area contributed by atoms with Crippen LogP contribution in [-0.2, 0) is 28.7 Å². The Morgan fingerprint density at radius 2 is 1.56 bits per heavy atom. The van der Waals surface area contributed by atoms with Crippen LogP contribution in [0.5, 0.6) is 0 Å². The van der Waals surface area contributed by atoms with Crippen molar-refractivity contribution in [2.24, 2.45) is 17.8 Å². The maximum absolute atomic E-state index is 14.2. The van der Waals surface area contributed by atoms with Crippen molar-refractivity contribution in [3.63, 3.8) is 0 Å². The van der Waals surface area contributed by atoms with Crippen LogP contribution in [0.3, 0.4) is 0 Å². The fraction of sp³-hybridized carbons (Fsp3) is 0.650. The molecule has 0 saturated carbocycles. The summed E-state index contributed by atoms with van der Waals surface area (Å²) in [6.07, 6.45) is 0.603. The Morgan fingerprint density at radius 3 is 2.06 bits per heavy atom. The summed E-state index contributed by atoms with van der Waals surface area (Å²) in [4.78, 5) is 60.1. The molecule has 8 atom stereocenters. The number of carbonyl (C=O) groups excluding carboxylic acids is 4. The zero-order valence-corrected chi connectivity index (χ0v) is 33.5. The van der Waals surface area contributed by atoms with E-state index in [0.29, 0.717) is 24.2 Å². The van der Waals surface area contributed by atoms with Gasteiger partial charge >= 0.3 is 0 Å². The molecule has 52 heavy (non-hydrogen) atoms. The summed E-state index contributed by atoms with van der Waals surface area (Å²) in [6, 6.07) is 6.78. The molecule has 12 nitrogen and oxygen atoms in total. The van der Waals surface area contributed by atoms with E-state index in [0.717, 1.165) is 6.42 Å². The average molecular weight is 728 g/mol. The van der Waals surface area contributed by atoms with Crippen molar-refractivity contribution in [1.82, 2.24) is 25.3 Å². The summed E-state index contributed by atoms with van der Waals surface area (Å²) in [7, 11) is 8.40. The van der Waals surface area contributed by atoms with Gasteiger partial charge in [0.15, 0.2) is 0 Å². The highest BCUT2D eigenvalue weighted by Gasteiger charge is 2.40. The molecule has 1 aromatic rings. The maximum Gasteiger partial charge on any atom is 0.249 e. The minimum absolute atomic E-state index is 0.0371. The predicted molar refractivity (Wildman–Crippen MR) is 204 cm³/mol. The molecular weight excluding hydrogens is 662 g/mol. The first-order valence-electron chi connectivity index (χ1n) is 18.4. The Hall–Kier alpha value is -3.58. The minimum Gasteiger partial charge on any atom is -0.386 e. The molecule has 3 N–H and O–H groups in total. The molecule has 0 radical (unpaired) electrons. The lowest BCUT2D eigenvalue weighted by Gasteiger charge is -2.40. The number of carbonyl (C=O) groups is 4. The van der Waals surface area contributed by atoms with Crippen molar-refractivity contribution in [3.8, 4) is 0 Å². The lowest BCUT2D eigenvalue weighted by atomic mass is 9.89. The lowest BCUT2D eigenvalue weighted by Crippen LogP contribution is -2.59. The predicted octanol–water partition coefficient (Wildman–Crippen LogP) is 3.92. The first kappa shape index (κ1) is 44.6. The van der Waals surface area contributed by atoms with Crippen LogP contribution in [0.25, 0.3) is 0 Å².